The molecular weight excluding hydrogens is 473 g/mol. The number of fused-ring (bicyclic) bond motifs is 4. The fraction of sp³-hybridized carbons (Fsp3) is 0.500. The van der Waals surface area contributed by atoms with Crippen molar-refractivity contribution in [1.29, 1.82) is 5.26 Å². The summed E-state index contributed by atoms with van der Waals surface area (Å²) in [6.45, 7) is 4.74. The lowest BCUT2D eigenvalue weighted by Crippen LogP contribution is -2.60. The number of aromatic nitrogens is 4. The van der Waals surface area contributed by atoms with Gasteiger partial charge in [0.1, 0.15) is 17.3 Å². The average Bonchev–Trinajstić information content (AvgIpc) is 3.38. The molecule has 0 spiro atoms. The lowest BCUT2D eigenvalue weighted by molar-refractivity contribution is -0.167. The van der Waals surface area contributed by atoms with Crippen molar-refractivity contribution in [1.82, 2.24) is 29.2 Å². The van der Waals surface area contributed by atoms with Crippen molar-refractivity contribution in [2.75, 3.05) is 31.1 Å². The number of halogens is 3. The monoisotopic (exact) mass is 498 g/mol. The molecule has 0 aliphatic carbocycles. The van der Waals surface area contributed by atoms with Crippen LogP contribution in [0, 0.1) is 17.1 Å². The van der Waals surface area contributed by atoms with E-state index in [2.05, 4.69) is 16.9 Å². The second-order valence-electron chi connectivity index (χ2n) is 10.1. The van der Waals surface area contributed by atoms with Crippen LogP contribution < -0.4 is 4.90 Å². The summed E-state index contributed by atoms with van der Waals surface area (Å²) in [6, 6.07) is 5.50. The molecule has 1 amide bonds. The largest absolute Gasteiger partial charge is 0.362 e. The standard InChI is InChI=1S/C24H25F3N8O/c1-14-5-17-19(9-31(14)11-22(36)33-12-24(26,27)13-33)30-34-15(2)8-32(10-21(17)34)20-4-3-16(6-28)35-23(20)18(25)7-29-35/h3-4,7,14-15H,5,8-13H2,1-2H3/t14-,15+/m0/s1. The molecule has 3 aromatic heterocycles. The predicted molar refractivity (Wildman–Crippen MR) is 123 cm³/mol. The minimum atomic E-state index is -2.78. The Bertz CT molecular complexity index is 1410. The van der Waals surface area contributed by atoms with E-state index in [1.807, 2.05) is 22.6 Å². The Kier molecular flexibility index (Phi) is 5.05. The first-order valence-corrected chi connectivity index (χ1v) is 12.0. The quantitative estimate of drug-likeness (QED) is 0.551. The number of anilines is 1. The zero-order chi connectivity index (χ0) is 25.4. The molecule has 6 heterocycles. The minimum absolute atomic E-state index is 0.00901. The first-order chi connectivity index (χ1) is 17.1. The summed E-state index contributed by atoms with van der Waals surface area (Å²) in [5, 5.41) is 18.3. The van der Waals surface area contributed by atoms with Crippen LogP contribution in [0.25, 0.3) is 5.52 Å². The molecule has 3 aliphatic rings. The maximum absolute atomic E-state index is 14.7. The third kappa shape index (κ3) is 3.52. The third-order valence-electron chi connectivity index (χ3n) is 7.51. The van der Waals surface area contributed by atoms with Crippen LogP contribution in [-0.4, -0.2) is 73.2 Å². The molecule has 6 rings (SSSR count). The number of hydrogen-bond acceptors (Lipinski definition) is 6. The number of carbonyl (C=O) groups excluding carboxylic acids is 1. The van der Waals surface area contributed by atoms with Gasteiger partial charge in [0.05, 0.1) is 55.5 Å². The second kappa shape index (κ2) is 7.96. The fourth-order valence-electron chi connectivity index (χ4n) is 5.61. The van der Waals surface area contributed by atoms with Crippen LogP contribution in [0.5, 0.6) is 0 Å². The zero-order valence-electron chi connectivity index (χ0n) is 20.0. The van der Waals surface area contributed by atoms with Gasteiger partial charge in [-0.25, -0.2) is 17.7 Å². The van der Waals surface area contributed by atoms with Crippen molar-refractivity contribution in [2.45, 2.75) is 51.4 Å². The van der Waals surface area contributed by atoms with Crippen LogP contribution in [-0.2, 0) is 24.3 Å². The minimum Gasteiger partial charge on any atom is -0.362 e. The van der Waals surface area contributed by atoms with Crippen molar-refractivity contribution in [3.8, 4) is 6.07 Å². The molecule has 188 valence electrons. The maximum Gasteiger partial charge on any atom is 0.282 e. The summed E-state index contributed by atoms with van der Waals surface area (Å²) in [6.07, 6.45) is 1.80. The molecule has 0 aromatic carbocycles. The Balaban J connectivity index is 1.26. The van der Waals surface area contributed by atoms with E-state index in [1.54, 1.807) is 12.1 Å². The topological polar surface area (TPSA) is 85.7 Å². The zero-order valence-corrected chi connectivity index (χ0v) is 20.0. The Labute approximate surface area is 205 Å². The van der Waals surface area contributed by atoms with Gasteiger partial charge in [0, 0.05) is 24.7 Å². The van der Waals surface area contributed by atoms with E-state index in [1.165, 1.54) is 9.42 Å². The molecule has 2 atom stereocenters. The number of nitriles is 1. The summed E-state index contributed by atoms with van der Waals surface area (Å²) in [4.78, 5) is 17.8. The first-order valence-electron chi connectivity index (χ1n) is 12.0. The van der Waals surface area contributed by atoms with Crippen LogP contribution in [0.1, 0.15) is 42.5 Å². The molecule has 12 heteroatoms. The molecule has 36 heavy (non-hydrogen) atoms. The summed E-state index contributed by atoms with van der Waals surface area (Å²) in [5.41, 5.74) is 4.26. The van der Waals surface area contributed by atoms with E-state index in [0.29, 0.717) is 31.7 Å². The Morgan fingerprint density at radius 1 is 1.22 bits per heavy atom. The van der Waals surface area contributed by atoms with Gasteiger partial charge in [0.25, 0.3) is 5.92 Å². The SMILES string of the molecule is C[C@@H]1CN(c2ccc(C#N)n3ncc(F)c23)Cc2c3c(nn21)CN(CC(=O)N1CC(F)(F)C1)[C@@H](C)C3. The number of rotatable bonds is 3. The third-order valence-corrected chi connectivity index (χ3v) is 7.51. The first kappa shape index (κ1) is 22.8. The Hall–Kier alpha value is -3.59. The molecule has 0 radical (unpaired) electrons. The molecule has 9 nitrogen and oxygen atoms in total. The van der Waals surface area contributed by atoms with Gasteiger partial charge >= 0.3 is 0 Å². The second-order valence-corrected chi connectivity index (χ2v) is 10.1. The average molecular weight is 499 g/mol. The molecule has 0 unspecified atom stereocenters. The predicted octanol–water partition coefficient (Wildman–Crippen LogP) is 2.35. The number of nitrogens with zero attached hydrogens (tertiary/aromatic N) is 8. The molecule has 0 saturated carbocycles. The highest BCUT2D eigenvalue weighted by molar-refractivity contribution is 5.79. The van der Waals surface area contributed by atoms with E-state index in [9.17, 15) is 23.2 Å². The summed E-state index contributed by atoms with van der Waals surface area (Å²) in [7, 11) is 0. The van der Waals surface area contributed by atoms with Gasteiger partial charge in [-0.05, 0) is 32.4 Å². The van der Waals surface area contributed by atoms with Crippen LogP contribution in [0.2, 0.25) is 0 Å². The lowest BCUT2D eigenvalue weighted by atomic mass is 9.96. The highest BCUT2D eigenvalue weighted by Gasteiger charge is 2.46. The van der Waals surface area contributed by atoms with Crippen molar-refractivity contribution in [3.05, 3.63) is 46.8 Å². The van der Waals surface area contributed by atoms with Crippen LogP contribution >= 0.6 is 0 Å². The van der Waals surface area contributed by atoms with E-state index in [4.69, 9.17) is 5.10 Å². The molecule has 3 aromatic rings. The normalized spacial score (nSPS) is 23.2. The smallest absolute Gasteiger partial charge is 0.282 e. The van der Waals surface area contributed by atoms with E-state index in [0.717, 1.165) is 23.1 Å². The van der Waals surface area contributed by atoms with Crippen molar-refractivity contribution in [3.63, 3.8) is 0 Å². The number of amides is 1. The number of likely N-dealkylation sites (tertiary alicyclic amines) is 1. The van der Waals surface area contributed by atoms with Gasteiger partial charge in [0.2, 0.25) is 5.91 Å². The Morgan fingerprint density at radius 3 is 2.72 bits per heavy atom. The maximum atomic E-state index is 14.7. The van der Waals surface area contributed by atoms with Gasteiger partial charge < -0.3 is 9.80 Å². The summed E-state index contributed by atoms with van der Waals surface area (Å²) in [5.74, 6) is -3.54. The fourth-order valence-corrected chi connectivity index (χ4v) is 5.61. The number of alkyl halides is 2. The molecule has 3 aliphatic heterocycles. The van der Waals surface area contributed by atoms with Crippen molar-refractivity contribution >= 4 is 17.1 Å². The lowest BCUT2D eigenvalue weighted by Gasteiger charge is -2.41. The van der Waals surface area contributed by atoms with Crippen LogP contribution in [0.3, 0.4) is 0 Å². The molecule has 0 bridgehead atoms. The van der Waals surface area contributed by atoms with Crippen LogP contribution in [0.15, 0.2) is 18.3 Å². The van der Waals surface area contributed by atoms with Gasteiger partial charge in [-0.15, -0.1) is 0 Å². The molecule has 0 N–H and O–H groups in total. The Morgan fingerprint density at radius 2 is 2.00 bits per heavy atom. The van der Waals surface area contributed by atoms with Crippen molar-refractivity contribution in [2.24, 2.45) is 0 Å². The number of pyridine rings is 1. The highest BCUT2D eigenvalue weighted by atomic mass is 19.3. The van der Waals surface area contributed by atoms with Gasteiger partial charge in [-0.1, -0.05) is 0 Å². The summed E-state index contributed by atoms with van der Waals surface area (Å²) >= 11 is 0. The number of hydrogen-bond donors (Lipinski definition) is 0. The highest BCUT2D eigenvalue weighted by Crippen LogP contribution is 2.36. The molecule has 1 saturated heterocycles. The number of carbonyl (C=O) groups is 1. The van der Waals surface area contributed by atoms with Crippen LogP contribution in [0.4, 0.5) is 18.9 Å². The van der Waals surface area contributed by atoms with Gasteiger partial charge in [-0.3, -0.25) is 14.4 Å². The van der Waals surface area contributed by atoms with E-state index < -0.39 is 24.8 Å². The molecule has 1 fully saturated rings. The molecular formula is C24H25F3N8O. The van der Waals surface area contributed by atoms with E-state index in [-0.39, 0.29) is 35.7 Å². The van der Waals surface area contributed by atoms with Crippen molar-refractivity contribution < 1.29 is 18.0 Å². The summed E-state index contributed by atoms with van der Waals surface area (Å²) < 4.78 is 44.4. The van der Waals surface area contributed by atoms with Gasteiger partial charge in [0.15, 0.2) is 5.82 Å². The van der Waals surface area contributed by atoms with E-state index >= 15 is 0 Å². The van der Waals surface area contributed by atoms with Gasteiger partial charge in [-0.2, -0.15) is 15.5 Å².